The Bertz CT molecular complexity index is 427. The molecule has 1 N–H and O–H groups in total. The number of nitrogens with one attached hydrogen (secondary N) is 1. The first-order valence-electron chi connectivity index (χ1n) is 6.89. The fourth-order valence-electron chi connectivity index (χ4n) is 1.68. The van der Waals surface area contributed by atoms with Crippen LogP contribution in [0.4, 0.5) is 5.82 Å². The average Bonchev–Trinajstić information content (AvgIpc) is 2.85. The number of carbonyl (C=O) groups is 2. The van der Waals surface area contributed by atoms with Crippen molar-refractivity contribution in [1.29, 1.82) is 0 Å². The first-order chi connectivity index (χ1) is 9.40. The summed E-state index contributed by atoms with van der Waals surface area (Å²) in [5.74, 6) is 0.437. The number of hydrogen-bond donors (Lipinski definition) is 1. The lowest BCUT2D eigenvalue weighted by Gasteiger charge is -2.24. The van der Waals surface area contributed by atoms with Gasteiger partial charge in [0.15, 0.2) is 5.82 Å². The second kappa shape index (κ2) is 7.67. The van der Waals surface area contributed by atoms with Gasteiger partial charge in [-0.25, -0.2) is 0 Å². The summed E-state index contributed by atoms with van der Waals surface area (Å²) in [6.45, 7) is 8.47. The normalized spacial score (nSPS) is 10.9. The zero-order valence-corrected chi connectivity index (χ0v) is 12.5. The van der Waals surface area contributed by atoms with E-state index in [2.05, 4.69) is 28.8 Å². The quantitative estimate of drug-likeness (QED) is 0.831. The van der Waals surface area contributed by atoms with Crippen molar-refractivity contribution < 1.29 is 14.1 Å². The molecule has 1 aromatic rings. The van der Waals surface area contributed by atoms with Gasteiger partial charge in [-0.2, -0.15) is 0 Å². The van der Waals surface area contributed by atoms with E-state index in [1.165, 1.54) is 6.26 Å². The van der Waals surface area contributed by atoms with Crippen LogP contribution < -0.4 is 5.32 Å². The van der Waals surface area contributed by atoms with Gasteiger partial charge in [0, 0.05) is 18.5 Å². The Morgan fingerprint density at radius 3 is 2.55 bits per heavy atom. The smallest absolute Gasteiger partial charge is 0.245 e. The molecule has 0 bridgehead atoms. The molecule has 112 valence electrons. The number of hydrogen-bond acceptors (Lipinski definition) is 4. The molecular weight excluding hydrogens is 258 g/mol. The van der Waals surface area contributed by atoms with Crippen LogP contribution in [0.2, 0.25) is 0 Å². The highest BCUT2D eigenvalue weighted by molar-refractivity contribution is 5.93. The molecule has 1 rings (SSSR count). The topological polar surface area (TPSA) is 75.4 Å². The summed E-state index contributed by atoms with van der Waals surface area (Å²) in [6.07, 6.45) is 2.25. The number of rotatable bonds is 7. The number of aromatic nitrogens is 1. The molecule has 0 unspecified atom stereocenters. The van der Waals surface area contributed by atoms with Crippen molar-refractivity contribution in [2.75, 3.05) is 18.4 Å². The summed E-state index contributed by atoms with van der Waals surface area (Å²) in [4.78, 5) is 25.6. The summed E-state index contributed by atoms with van der Waals surface area (Å²) in [7, 11) is 0. The van der Waals surface area contributed by atoms with Crippen molar-refractivity contribution in [2.45, 2.75) is 34.1 Å². The molecule has 0 saturated heterocycles. The Balaban J connectivity index is 2.58. The molecule has 0 aliphatic heterocycles. The maximum atomic E-state index is 12.1. The number of amides is 2. The van der Waals surface area contributed by atoms with Crippen molar-refractivity contribution in [3.8, 4) is 0 Å². The molecule has 1 aromatic heterocycles. The van der Waals surface area contributed by atoms with E-state index >= 15 is 0 Å². The SMILES string of the molecule is CC(C)CCN(CC(=O)Nc1ccon1)C(=O)C(C)C. The Hall–Kier alpha value is -1.85. The highest BCUT2D eigenvalue weighted by Gasteiger charge is 2.20. The van der Waals surface area contributed by atoms with Crippen LogP contribution >= 0.6 is 0 Å². The molecule has 0 spiro atoms. The van der Waals surface area contributed by atoms with Crippen LogP contribution in [0.15, 0.2) is 16.9 Å². The van der Waals surface area contributed by atoms with Crippen molar-refractivity contribution in [2.24, 2.45) is 11.8 Å². The summed E-state index contributed by atoms with van der Waals surface area (Å²) in [5, 5.41) is 6.20. The number of nitrogens with zero attached hydrogens (tertiary/aromatic N) is 2. The third-order valence-electron chi connectivity index (χ3n) is 2.82. The molecule has 6 heteroatoms. The predicted octanol–water partition coefficient (Wildman–Crippen LogP) is 2.14. The molecule has 0 aromatic carbocycles. The lowest BCUT2D eigenvalue weighted by Crippen LogP contribution is -2.41. The van der Waals surface area contributed by atoms with Gasteiger partial charge in [0.05, 0.1) is 6.54 Å². The minimum atomic E-state index is -0.267. The van der Waals surface area contributed by atoms with Crippen LogP contribution in [0, 0.1) is 11.8 Å². The molecule has 2 amide bonds. The van der Waals surface area contributed by atoms with Gasteiger partial charge < -0.3 is 14.7 Å². The molecule has 1 heterocycles. The zero-order chi connectivity index (χ0) is 15.1. The Morgan fingerprint density at radius 1 is 1.35 bits per heavy atom. The summed E-state index contributed by atoms with van der Waals surface area (Å²) < 4.78 is 4.64. The lowest BCUT2D eigenvalue weighted by atomic mass is 10.1. The second-order valence-corrected chi connectivity index (χ2v) is 5.53. The summed E-state index contributed by atoms with van der Waals surface area (Å²) in [5.41, 5.74) is 0. The zero-order valence-electron chi connectivity index (χ0n) is 12.5. The fourth-order valence-corrected chi connectivity index (χ4v) is 1.68. The van der Waals surface area contributed by atoms with Crippen LogP contribution in [0.25, 0.3) is 0 Å². The summed E-state index contributed by atoms with van der Waals surface area (Å²) >= 11 is 0. The van der Waals surface area contributed by atoms with Crippen molar-refractivity contribution >= 4 is 17.6 Å². The van der Waals surface area contributed by atoms with Crippen LogP contribution in [-0.4, -0.2) is 35.0 Å². The van der Waals surface area contributed by atoms with E-state index in [1.807, 2.05) is 13.8 Å². The van der Waals surface area contributed by atoms with Crippen LogP contribution in [0.1, 0.15) is 34.1 Å². The highest BCUT2D eigenvalue weighted by atomic mass is 16.5. The van der Waals surface area contributed by atoms with Gasteiger partial charge >= 0.3 is 0 Å². The van der Waals surface area contributed by atoms with Gasteiger partial charge in [0.2, 0.25) is 11.8 Å². The van der Waals surface area contributed by atoms with E-state index in [4.69, 9.17) is 0 Å². The Labute approximate surface area is 119 Å². The molecule has 0 radical (unpaired) electrons. The Kier molecular flexibility index (Phi) is 6.21. The predicted molar refractivity (Wildman–Crippen MR) is 76.0 cm³/mol. The van der Waals surface area contributed by atoms with Gasteiger partial charge in [0.25, 0.3) is 0 Å². The van der Waals surface area contributed by atoms with E-state index in [0.29, 0.717) is 18.3 Å². The molecule has 0 aliphatic carbocycles. The maximum Gasteiger partial charge on any atom is 0.245 e. The second-order valence-electron chi connectivity index (χ2n) is 5.53. The third-order valence-corrected chi connectivity index (χ3v) is 2.82. The monoisotopic (exact) mass is 281 g/mol. The average molecular weight is 281 g/mol. The first-order valence-corrected chi connectivity index (χ1v) is 6.89. The molecular formula is C14H23N3O3. The van der Waals surface area contributed by atoms with E-state index in [-0.39, 0.29) is 24.3 Å². The largest absolute Gasteiger partial charge is 0.363 e. The van der Waals surface area contributed by atoms with Crippen molar-refractivity contribution in [3.63, 3.8) is 0 Å². The first kappa shape index (κ1) is 16.2. The van der Waals surface area contributed by atoms with E-state index in [1.54, 1.807) is 11.0 Å². The van der Waals surface area contributed by atoms with Crippen LogP contribution in [-0.2, 0) is 9.59 Å². The minimum absolute atomic E-state index is 0.0130. The van der Waals surface area contributed by atoms with Crippen molar-refractivity contribution in [1.82, 2.24) is 10.1 Å². The summed E-state index contributed by atoms with van der Waals surface area (Å²) in [6, 6.07) is 1.56. The van der Waals surface area contributed by atoms with Gasteiger partial charge in [-0.3, -0.25) is 9.59 Å². The minimum Gasteiger partial charge on any atom is -0.363 e. The molecule has 0 aliphatic rings. The molecule has 6 nitrogen and oxygen atoms in total. The molecule has 20 heavy (non-hydrogen) atoms. The number of carbonyl (C=O) groups excluding carboxylic acids is 2. The van der Waals surface area contributed by atoms with Crippen LogP contribution in [0.5, 0.6) is 0 Å². The van der Waals surface area contributed by atoms with Crippen molar-refractivity contribution in [3.05, 3.63) is 12.3 Å². The molecule has 0 fully saturated rings. The van der Waals surface area contributed by atoms with Gasteiger partial charge in [-0.15, -0.1) is 0 Å². The molecule has 0 atom stereocenters. The van der Waals surface area contributed by atoms with E-state index in [9.17, 15) is 9.59 Å². The standard InChI is InChI=1S/C14H23N3O3/c1-10(2)5-7-17(14(19)11(3)4)9-13(18)15-12-6-8-20-16-12/h6,8,10-11H,5,7,9H2,1-4H3,(H,15,16,18). The van der Waals surface area contributed by atoms with E-state index < -0.39 is 0 Å². The maximum absolute atomic E-state index is 12.1. The molecule has 0 saturated carbocycles. The third kappa shape index (κ3) is 5.42. The lowest BCUT2D eigenvalue weighted by molar-refractivity contribution is -0.137. The van der Waals surface area contributed by atoms with E-state index in [0.717, 1.165) is 6.42 Å². The fraction of sp³-hybridized carbons (Fsp3) is 0.643. The van der Waals surface area contributed by atoms with Crippen LogP contribution in [0.3, 0.4) is 0 Å². The van der Waals surface area contributed by atoms with Gasteiger partial charge in [-0.1, -0.05) is 32.9 Å². The highest BCUT2D eigenvalue weighted by Crippen LogP contribution is 2.08. The Morgan fingerprint density at radius 2 is 2.05 bits per heavy atom. The van der Waals surface area contributed by atoms with Gasteiger partial charge in [-0.05, 0) is 12.3 Å². The van der Waals surface area contributed by atoms with Gasteiger partial charge in [0.1, 0.15) is 6.26 Å². The number of anilines is 1.